The van der Waals surface area contributed by atoms with Crippen LogP contribution in [0.5, 0.6) is 0 Å². The Hall–Kier alpha value is -2.85. The molecule has 80 valence electrons. The van der Waals surface area contributed by atoms with Crippen LogP contribution in [0.2, 0.25) is 0 Å². The molecule has 4 nitrogen and oxygen atoms in total. The van der Waals surface area contributed by atoms with Gasteiger partial charge in [0.1, 0.15) is 12.1 Å². The number of benzene rings is 1. The number of nitriles is 2. The van der Waals surface area contributed by atoms with Gasteiger partial charge in [0, 0.05) is 11.8 Å². The smallest absolute Gasteiger partial charge is 0.103 e. The molecule has 4 heteroatoms. The highest BCUT2D eigenvalue weighted by Crippen LogP contribution is 2.27. The Morgan fingerprint density at radius 1 is 1.06 bits per heavy atom. The van der Waals surface area contributed by atoms with Crippen molar-refractivity contribution in [1.29, 1.82) is 10.5 Å². The Kier molecular flexibility index (Phi) is 2.72. The average molecular weight is 220 g/mol. The third-order valence-electron chi connectivity index (χ3n) is 2.40. The Morgan fingerprint density at radius 3 is 2.35 bits per heavy atom. The lowest BCUT2D eigenvalue weighted by molar-refractivity contribution is 1.28. The van der Waals surface area contributed by atoms with Crippen molar-refractivity contribution >= 4 is 5.69 Å². The van der Waals surface area contributed by atoms with E-state index in [1.165, 1.54) is 6.20 Å². The van der Waals surface area contributed by atoms with Crippen LogP contribution in [0.25, 0.3) is 11.3 Å². The number of hydrogen-bond acceptors (Lipinski definition) is 4. The molecule has 1 heterocycles. The van der Waals surface area contributed by atoms with Gasteiger partial charge in [0.15, 0.2) is 0 Å². The van der Waals surface area contributed by atoms with Crippen molar-refractivity contribution in [3.8, 4) is 23.4 Å². The molecule has 0 spiro atoms. The molecule has 2 rings (SSSR count). The second-order valence-electron chi connectivity index (χ2n) is 3.40. The number of pyridine rings is 1. The van der Waals surface area contributed by atoms with Crippen LogP contribution < -0.4 is 5.73 Å². The number of aromatic nitrogens is 1. The van der Waals surface area contributed by atoms with Crippen molar-refractivity contribution in [2.24, 2.45) is 0 Å². The fourth-order valence-corrected chi connectivity index (χ4v) is 1.56. The summed E-state index contributed by atoms with van der Waals surface area (Å²) >= 11 is 0. The number of hydrogen-bond donors (Lipinski definition) is 1. The normalized spacial score (nSPS) is 9.29. The van der Waals surface area contributed by atoms with Crippen molar-refractivity contribution in [1.82, 2.24) is 4.98 Å². The first-order chi connectivity index (χ1) is 8.27. The van der Waals surface area contributed by atoms with Gasteiger partial charge in [0.2, 0.25) is 0 Å². The summed E-state index contributed by atoms with van der Waals surface area (Å²) in [6, 6.07) is 13.2. The number of nitrogens with two attached hydrogens (primary N) is 1. The van der Waals surface area contributed by atoms with E-state index >= 15 is 0 Å². The fourth-order valence-electron chi connectivity index (χ4n) is 1.56. The van der Waals surface area contributed by atoms with Crippen LogP contribution in [0, 0.1) is 22.7 Å². The molecule has 1 aromatic heterocycles. The first-order valence-electron chi connectivity index (χ1n) is 4.92. The zero-order chi connectivity index (χ0) is 12.3. The summed E-state index contributed by atoms with van der Waals surface area (Å²) in [7, 11) is 0. The van der Waals surface area contributed by atoms with Crippen molar-refractivity contribution in [3.05, 3.63) is 47.7 Å². The topological polar surface area (TPSA) is 86.5 Å². The molecule has 0 saturated heterocycles. The molecule has 2 N–H and O–H groups in total. The lowest BCUT2D eigenvalue weighted by atomic mass is 10.0. The third kappa shape index (κ3) is 1.80. The van der Waals surface area contributed by atoms with Crippen LogP contribution in [0.4, 0.5) is 5.69 Å². The molecule has 0 radical (unpaired) electrons. The summed E-state index contributed by atoms with van der Waals surface area (Å²) in [5, 5.41) is 17.8. The summed E-state index contributed by atoms with van der Waals surface area (Å²) in [5.41, 5.74) is 7.85. The van der Waals surface area contributed by atoms with E-state index in [9.17, 15) is 0 Å². The summed E-state index contributed by atoms with van der Waals surface area (Å²) in [6.07, 6.45) is 1.37. The SMILES string of the molecule is N#Cc1cnc(-c2ccccc2)c(N)c1C#N. The van der Waals surface area contributed by atoms with Gasteiger partial charge in [0.25, 0.3) is 0 Å². The fraction of sp³-hybridized carbons (Fsp3) is 0. The average Bonchev–Trinajstić information content (AvgIpc) is 2.39. The number of anilines is 1. The van der Waals surface area contributed by atoms with E-state index in [4.69, 9.17) is 16.3 Å². The Bertz CT molecular complexity index is 633. The van der Waals surface area contributed by atoms with Crippen LogP contribution in [0.15, 0.2) is 36.5 Å². The summed E-state index contributed by atoms with van der Waals surface area (Å²) in [6.45, 7) is 0. The molecule has 0 aliphatic heterocycles. The minimum absolute atomic E-state index is 0.182. The van der Waals surface area contributed by atoms with E-state index in [-0.39, 0.29) is 16.8 Å². The molecule has 1 aromatic carbocycles. The molecule has 0 aliphatic carbocycles. The monoisotopic (exact) mass is 220 g/mol. The maximum atomic E-state index is 8.99. The van der Waals surface area contributed by atoms with Crippen LogP contribution >= 0.6 is 0 Å². The molecule has 0 amide bonds. The van der Waals surface area contributed by atoms with Gasteiger partial charge in [-0.15, -0.1) is 0 Å². The van der Waals surface area contributed by atoms with Crippen molar-refractivity contribution in [2.75, 3.05) is 5.73 Å². The van der Waals surface area contributed by atoms with Crippen molar-refractivity contribution < 1.29 is 0 Å². The molecule has 0 bridgehead atoms. The van der Waals surface area contributed by atoms with E-state index in [0.29, 0.717) is 5.69 Å². The highest BCUT2D eigenvalue weighted by Gasteiger charge is 2.12. The van der Waals surface area contributed by atoms with Crippen LogP contribution in [-0.2, 0) is 0 Å². The van der Waals surface area contributed by atoms with Gasteiger partial charge in [0.05, 0.1) is 22.5 Å². The molecular weight excluding hydrogens is 212 g/mol. The van der Waals surface area contributed by atoms with Crippen LogP contribution in [-0.4, -0.2) is 4.98 Å². The second kappa shape index (κ2) is 4.34. The van der Waals surface area contributed by atoms with Gasteiger partial charge >= 0.3 is 0 Å². The van der Waals surface area contributed by atoms with Gasteiger partial charge in [-0.25, -0.2) is 0 Å². The maximum absolute atomic E-state index is 8.99. The van der Waals surface area contributed by atoms with Gasteiger partial charge in [-0.3, -0.25) is 4.98 Å². The third-order valence-corrected chi connectivity index (χ3v) is 2.40. The molecule has 0 fully saturated rings. The molecule has 17 heavy (non-hydrogen) atoms. The minimum Gasteiger partial charge on any atom is -0.396 e. The Morgan fingerprint density at radius 2 is 1.76 bits per heavy atom. The lowest BCUT2D eigenvalue weighted by Crippen LogP contribution is -2.00. The van der Waals surface area contributed by atoms with Gasteiger partial charge in [-0.05, 0) is 0 Å². The van der Waals surface area contributed by atoms with E-state index in [1.54, 1.807) is 0 Å². The zero-order valence-electron chi connectivity index (χ0n) is 8.88. The summed E-state index contributed by atoms with van der Waals surface area (Å²) < 4.78 is 0. The van der Waals surface area contributed by atoms with Crippen molar-refractivity contribution in [3.63, 3.8) is 0 Å². The van der Waals surface area contributed by atoms with Gasteiger partial charge in [-0.1, -0.05) is 30.3 Å². The Balaban J connectivity index is 2.68. The summed E-state index contributed by atoms with van der Waals surface area (Å²) in [4.78, 5) is 4.13. The quantitative estimate of drug-likeness (QED) is 0.796. The van der Waals surface area contributed by atoms with Crippen LogP contribution in [0.3, 0.4) is 0 Å². The first-order valence-corrected chi connectivity index (χ1v) is 4.92. The van der Waals surface area contributed by atoms with Gasteiger partial charge < -0.3 is 5.73 Å². The Labute approximate surface area is 98.6 Å². The predicted octanol–water partition coefficient (Wildman–Crippen LogP) is 2.07. The molecule has 0 atom stereocenters. The highest BCUT2D eigenvalue weighted by molar-refractivity contribution is 5.78. The van der Waals surface area contributed by atoms with E-state index < -0.39 is 0 Å². The molecule has 0 unspecified atom stereocenters. The predicted molar refractivity (Wildman–Crippen MR) is 63.5 cm³/mol. The largest absolute Gasteiger partial charge is 0.396 e. The standard InChI is InChI=1S/C13H8N4/c14-6-10-8-17-13(12(16)11(10)7-15)9-4-2-1-3-5-9/h1-5,8H,16H2. The van der Waals surface area contributed by atoms with Crippen molar-refractivity contribution in [2.45, 2.75) is 0 Å². The number of nitrogen functional groups attached to an aromatic ring is 1. The molecule has 0 aliphatic rings. The lowest BCUT2D eigenvalue weighted by Gasteiger charge is -2.06. The molecule has 0 saturated carbocycles. The maximum Gasteiger partial charge on any atom is 0.103 e. The zero-order valence-corrected chi connectivity index (χ0v) is 8.88. The van der Waals surface area contributed by atoms with E-state index in [0.717, 1.165) is 5.56 Å². The van der Waals surface area contributed by atoms with E-state index in [1.807, 2.05) is 42.5 Å². The second-order valence-corrected chi connectivity index (χ2v) is 3.40. The minimum atomic E-state index is 0.182. The molecule has 2 aromatic rings. The number of nitrogens with zero attached hydrogens (tertiary/aromatic N) is 3. The highest BCUT2D eigenvalue weighted by atomic mass is 14.7. The number of rotatable bonds is 1. The summed E-state index contributed by atoms with van der Waals surface area (Å²) in [5.74, 6) is 0. The van der Waals surface area contributed by atoms with E-state index in [2.05, 4.69) is 4.98 Å². The first kappa shape index (κ1) is 10.7. The van der Waals surface area contributed by atoms with Gasteiger partial charge in [-0.2, -0.15) is 10.5 Å². The molecular formula is C13H8N4. The van der Waals surface area contributed by atoms with Crippen LogP contribution in [0.1, 0.15) is 11.1 Å².